The van der Waals surface area contributed by atoms with Crippen LogP contribution in [0.2, 0.25) is 19.6 Å². The molecule has 29 heavy (non-hydrogen) atoms. The lowest BCUT2D eigenvalue weighted by Gasteiger charge is -2.33. The number of nitrogens with zero attached hydrogens (tertiary/aromatic N) is 1. The van der Waals surface area contributed by atoms with Gasteiger partial charge in [-0.15, -0.1) is 0 Å². The molecule has 1 aromatic rings. The Morgan fingerprint density at radius 3 is 2.34 bits per heavy atom. The van der Waals surface area contributed by atoms with Crippen LogP contribution in [0.5, 0.6) is 5.75 Å². The van der Waals surface area contributed by atoms with Crippen molar-refractivity contribution < 1.29 is 24.2 Å². The maximum absolute atomic E-state index is 12.9. The predicted molar refractivity (Wildman–Crippen MR) is 114 cm³/mol. The number of amides is 2. The molecule has 0 aromatic heterocycles. The molecule has 3 rings (SSSR count). The lowest BCUT2D eigenvalue weighted by atomic mass is 10.0. The van der Waals surface area contributed by atoms with Crippen molar-refractivity contribution in [2.45, 2.75) is 57.1 Å². The van der Waals surface area contributed by atoms with E-state index < -0.39 is 20.3 Å². The van der Waals surface area contributed by atoms with Crippen molar-refractivity contribution in [3.8, 4) is 5.75 Å². The first-order chi connectivity index (χ1) is 13.7. The zero-order chi connectivity index (χ0) is 21.2. The van der Waals surface area contributed by atoms with Crippen LogP contribution < -0.4 is 4.74 Å². The van der Waals surface area contributed by atoms with E-state index in [0.717, 1.165) is 29.1 Å². The highest BCUT2D eigenvalue weighted by Gasteiger charge is 2.45. The number of benzene rings is 1. The average Bonchev–Trinajstić information content (AvgIpc) is 3.28. The molecule has 2 aliphatic carbocycles. The van der Waals surface area contributed by atoms with E-state index >= 15 is 0 Å². The van der Waals surface area contributed by atoms with Crippen molar-refractivity contribution in [1.29, 1.82) is 0 Å². The van der Waals surface area contributed by atoms with E-state index in [1.54, 1.807) is 7.11 Å². The lowest BCUT2D eigenvalue weighted by molar-refractivity contribution is 0.0633. The number of methoxy groups -OCH3 is 1. The number of carbonyl (C=O) groups is 2. The summed E-state index contributed by atoms with van der Waals surface area (Å²) in [5.41, 5.74) is 0.881. The second-order valence-electron chi connectivity index (χ2n) is 9.13. The summed E-state index contributed by atoms with van der Waals surface area (Å²) >= 11 is 0. The van der Waals surface area contributed by atoms with Crippen LogP contribution in [0.1, 0.15) is 24.8 Å². The van der Waals surface area contributed by atoms with Gasteiger partial charge in [-0.3, -0.25) is 0 Å². The minimum absolute atomic E-state index is 0.119. The van der Waals surface area contributed by atoms with Gasteiger partial charge in [0.2, 0.25) is 0 Å². The van der Waals surface area contributed by atoms with E-state index in [4.69, 9.17) is 9.47 Å². The van der Waals surface area contributed by atoms with Gasteiger partial charge in [0.1, 0.15) is 5.75 Å². The van der Waals surface area contributed by atoms with Crippen molar-refractivity contribution in [1.82, 2.24) is 4.90 Å². The summed E-state index contributed by atoms with van der Waals surface area (Å²) in [5, 5.41) is 9.71. The van der Waals surface area contributed by atoms with Gasteiger partial charge in [0, 0.05) is 0 Å². The smallest absolute Gasteiger partial charge is 0.419 e. The zero-order valence-electron chi connectivity index (χ0n) is 17.6. The van der Waals surface area contributed by atoms with Crippen LogP contribution in [-0.4, -0.2) is 49.1 Å². The molecule has 4 unspecified atom stereocenters. The molecule has 2 bridgehead atoms. The third-order valence-corrected chi connectivity index (χ3v) is 8.38. The molecule has 4 atom stereocenters. The van der Waals surface area contributed by atoms with Gasteiger partial charge in [-0.05, 0) is 55.2 Å². The number of carbonyl (C=O) groups excluding carboxylic acids is 1. The van der Waals surface area contributed by atoms with E-state index in [1.807, 2.05) is 30.3 Å². The number of ether oxygens (including phenoxy) is 2. The van der Waals surface area contributed by atoms with Crippen molar-refractivity contribution >= 4 is 20.3 Å². The highest BCUT2D eigenvalue weighted by molar-refractivity contribution is 6.77. The normalized spacial score (nSPS) is 23.7. The first kappa shape index (κ1) is 21.4. The minimum Gasteiger partial charge on any atom is -0.497 e. The van der Waals surface area contributed by atoms with Crippen molar-refractivity contribution in [2.75, 3.05) is 7.11 Å². The number of carboxylic acid groups (broad SMARTS) is 1. The summed E-state index contributed by atoms with van der Waals surface area (Å²) in [6.45, 7) is 6.43. The third kappa shape index (κ3) is 5.01. The predicted octanol–water partition coefficient (Wildman–Crippen LogP) is 4.96. The van der Waals surface area contributed by atoms with E-state index in [1.165, 1.54) is 0 Å². The summed E-state index contributed by atoms with van der Waals surface area (Å²) in [7, 11) is -0.224. The number of hydrogen-bond donors (Lipinski definition) is 1. The number of aryl methyl sites for hydroxylation is 1. The van der Waals surface area contributed by atoms with Gasteiger partial charge in [0.25, 0.3) is 0 Å². The van der Waals surface area contributed by atoms with Crippen molar-refractivity contribution in [2.24, 2.45) is 11.8 Å². The molecule has 1 fully saturated rings. The number of rotatable bonds is 7. The standard InChI is InChI=1S/C22H31NO5Si/c1-27-18-10-6-15(7-11-18)8-12-20(29(2,3)4)28-22(26)23(21(24)25)19-14-16-5-9-17(19)13-16/h5-7,9-11,16-17,19-20H,8,12-14H2,1-4H3,(H,24,25). The molecule has 7 heteroatoms. The Morgan fingerprint density at radius 1 is 1.17 bits per heavy atom. The van der Waals surface area contributed by atoms with Crippen molar-refractivity contribution in [3.63, 3.8) is 0 Å². The van der Waals surface area contributed by atoms with Gasteiger partial charge >= 0.3 is 12.2 Å². The number of hydrogen-bond acceptors (Lipinski definition) is 4. The molecule has 6 nitrogen and oxygen atoms in total. The van der Waals surface area contributed by atoms with E-state index in [9.17, 15) is 14.7 Å². The maximum atomic E-state index is 12.9. The molecule has 2 amide bonds. The van der Waals surface area contributed by atoms with Crippen LogP contribution in [0.3, 0.4) is 0 Å². The maximum Gasteiger partial charge on any atom is 0.419 e. The molecular formula is C22H31NO5Si. The molecule has 1 saturated carbocycles. The lowest BCUT2D eigenvalue weighted by Crippen LogP contribution is -2.50. The molecule has 0 heterocycles. The SMILES string of the molecule is COc1ccc(CCC(OC(=O)N(C(=O)O)C2CC3C=CC2C3)[Si](C)(C)C)cc1. The Balaban J connectivity index is 1.67. The number of imide groups is 1. The van der Waals surface area contributed by atoms with E-state index in [0.29, 0.717) is 18.8 Å². The van der Waals surface area contributed by atoms with Gasteiger partial charge in [0.05, 0.1) is 27.0 Å². The van der Waals surface area contributed by atoms with Crippen LogP contribution in [0.15, 0.2) is 36.4 Å². The minimum atomic E-state index is -1.86. The molecule has 1 aromatic carbocycles. The van der Waals surface area contributed by atoms with Crippen LogP contribution in [0, 0.1) is 11.8 Å². The van der Waals surface area contributed by atoms with E-state index in [-0.39, 0.29) is 17.7 Å². The van der Waals surface area contributed by atoms with Crippen LogP contribution in [0.25, 0.3) is 0 Å². The van der Waals surface area contributed by atoms with E-state index in [2.05, 4.69) is 25.7 Å². The summed E-state index contributed by atoms with van der Waals surface area (Å²) in [6.07, 6.45) is 5.31. The zero-order valence-corrected chi connectivity index (χ0v) is 18.6. The largest absolute Gasteiger partial charge is 0.497 e. The van der Waals surface area contributed by atoms with Gasteiger partial charge in [-0.2, -0.15) is 0 Å². The van der Waals surface area contributed by atoms with Gasteiger partial charge in [-0.25, -0.2) is 14.5 Å². The number of allylic oxidation sites excluding steroid dienone is 1. The fourth-order valence-electron chi connectivity index (χ4n) is 4.34. The fraction of sp³-hybridized carbons (Fsp3) is 0.545. The molecule has 0 radical (unpaired) electrons. The molecule has 0 spiro atoms. The second-order valence-corrected chi connectivity index (χ2v) is 14.5. The quantitative estimate of drug-likeness (QED) is 0.501. The Hall–Kier alpha value is -2.28. The summed E-state index contributed by atoms with van der Waals surface area (Å²) in [4.78, 5) is 25.7. The highest BCUT2D eigenvalue weighted by Crippen LogP contribution is 2.42. The monoisotopic (exact) mass is 417 g/mol. The number of fused-ring (bicyclic) bond motifs is 2. The first-order valence-electron chi connectivity index (χ1n) is 10.2. The molecule has 1 N–H and O–H groups in total. The Bertz CT molecular complexity index is 770. The first-order valence-corrected chi connectivity index (χ1v) is 13.8. The average molecular weight is 418 g/mol. The summed E-state index contributed by atoms with van der Waals surface area (Å²) in [6, 6.07) is 7.54. The topological polar surface area (TPSA) is 76.1 Å². The van der Waals surface area contributed by atoms with Gasteiger partial charge in [-0.1, -0.05) is 43.9 Å². The van der Waals surface area contributed by atoms with Gasteiger partial charge < -0.3 is 14.6 Å². The third-order valence-electron chi connectivity index (χ3n) is 6.04. The van der Waals surface area contributed by atoms with Crippen LogP contribution in [-0.2, 0) is 11.2 Å². The molecule has 0 aliphatic heterocycles. The van der Waals surface area contributed by atoms with Crippen LogP contribution in [0.4, 0.5) is 9.59 Å². The molecular weight excluding hydrogens is 386 g/mol. The molecule has 158 valence electrons. The van der Waals surface area contributed by atoms with Crippen LogP contribution >= 0.6 is 0 Å². The Kier molecular flexibility index (Phi) is 6.36. The summed E-state index contributed by atoms with van der Waals surface area (Å²) in [5.74, 6) is 1.30. The second kappa shape index (κ2) is 8.61. The van der Waals surface area contributed by atoms with Gasteiger partial charge in [0.15, 0.2) is 0 Å². The molecule has 0 saturated heterocycles. The highest BCUT2D eigenvalue weighted by atomic mass is 28.3. The fourth-order valence-corrected chi connectivity index (χ4v) is 5.81. The summed E-state index contributed by atoms with van der Waals surface area (Å²) < 4.78 is 11.0. The van der Waals surface area contributed by atoms with Crippen molar-refractivity contribution in [3.05, 3.63) is 42.0 Å². The Morgan fingerprint density at radius 2 is 1.86 bits per heavy atom. The molecule has 2 aliphatic rings. The Labute approximate surface area is 173 Å².